The van der Waals surface area contributed by atoms with Crippen molar-refractivity contribution in [3.05, 3.63) is 0 Å². The number of carbonyl (C=O) groups excluding carboxylic acids is 1. The van der Waals surface area contributed by atoms with Gasteiger partial charge in [0.25, 0.3) is 0 Å². The zero-order chi connectivity index (χ0) is 22.0. The molecular formula is C26H42O5. The van der Waals surface area contributed by atoms with E-state index in [0.29, 0.717) is 55.1 Å². The Morgan fingerprint density at radius 3 is 2.45 bits per heavy atom. The van der Waals surface area contributed by atoms with Gasteiger partial charge in [0.2, 0.25) is 0 Å². The first-order valence-corrected chi connectivity index (χ1v) is 12.8. The van der Waals surface area contributed by atoms with Crippen LogP contribution >= 0.6 is 0 Å². The highest BCUT2D eigenvalue weighted by molar-refractivity contribution is 5.69. The molecule has 1 aliphatic heterocycles. The smallest absolute Gasteiger partial charge is 0.305 e. The Morgan fingerprint density at radius 2 is 1.74 bits per heavy atom. The highest BCUT2D eigenvalue weighted by Gasteiger charge is 2.68. The van der Waals surface area contributed by atoms with Gasteiger partial charge < -0.3 is 19.3 Å². The molecule has 0 radical (unpaired) electrons. The third-order valence-corrected chi connectivity index (χ3v) is 10.9. The molecule has 9 atom stereocenters. The van der Waals surface area contributed by atoms with E-state index >= 15 is 0 Å². The zero-order valence-electron chi connectivity index (χ0n) is 19.9. The molecule has 1 spiro atoms. The molecule has 0 aromatic rings. The van der Waals surface area contributed by atoms with Crippen molar-refractivity contribution in [2.24, 2.45) is 46.3 Å². The van der Waals surface area contributed by atoms with Crippen molar-refractivity contribution < 1.29 is 24.1 Å². The molecule has 0 aromatic carbocycles. The molecular weight excluding hydrogens is 392 g/mol. The lowest BCUT2D eigenvalue weighted by atomic mass is 9.43. The summed E-state index contributed by atoms with van der Waals surface area (Å²) in [5.41, 5.74) is 0.510. The zero-order valence-corrected chi connectivity index (χ0v) is 19.9. The largest absolute Gasteiger partial charge is 0.469 e. The average molecular weight is 435 g/mol. The summed E-state index contributed by atoms with van der Waals surface area (Å²) in [6, 6.07) is 0. The van der Waals surface area contributed by atoms with Crippen molar-refractivity contribution >= 4 is 5.97 Å². The lowest BCUT2D eigenvalue weighted by molar-refractivity contribution is -0.300. The van der Waals surface area contributed by atoms with Crippen LogP contribution in [0.5, 0.6) is 0 Å². The van der Waals surface area contributed by atoms with Crippen LogP contribution in [0.1, 0.15) is 78.6 Å². The number of aliphatic hydroxyl groups excluding tert-OH is 1. The van der Waals surface area contributed by atoms with E-state index < -0.39 is 5.79 Å². The monoisotopic (exact) mass is 434 g/mol. The predicted molar refractivity (Wildman–Crippen MR) is 117 cm³/mol. The normalized spacial score (nSPS) is 49.2. The molecule has 5 heteroatoms. The Bertz CT molecular complexity index is 702. The molecule has 1 saturated heterocycles. The number of methoxy groups -OCH3 is 1. The van der Waals surface area contributed by atoms with Gasteiger partial charge in [-0.2, -0.15) is 0 Å². The van der Waals surface area contributed by atoms with Gasteiger partial charge in [0.15, 0.2) is 5.79 Å². The van der Waals surface area contributed by atoms with Crippen LogP contribution in [0.3, 0.4) is 0 Å². The standard InChI is InChI=1S/C26H42O5/c1-16(13-22(28)29-4)19-5-6-20-23-21(8-10-25(19,20)3)24(2)9-7-18(27)14-17(24)15-26(23)30-11-12-31-26/h16-21,23,27H,5-15H2,1-4H3/t16-,17+,18-,19-,20+,21+,23+,24+,25-/m1/s1. The number of ether oxygens (including phenoxy) is 3. The lowest BCUT2D eigenvalue weighted by Crippen LogP contribution is -2.64. The van der Waals surface area contributed by atoms with Gasteiger partial charge in [0.05, 0.1) is 26.4 Å². The van der Waals surface area contributed by atoms with E-state index in [1.54, 1.807) is 0 Å². The number of rotatable bonds is 3. The molecule has 0 bridgehead atoms. The van der Waals surface area contributed by atoms with Crippen molar-refractivity contribution in [1.82, 2.24) is 0 Å². The quantitative estimate of drug-likeness (QED) is 0.660. The fourth-order valence-corrected chi connectivity index (χ4v) is 9.42. The molecule has 5 nitrogen and oxygen atoms in total. The van der Waals surface area contributed by atoms with Crippen LogP contribution < -0.4 is 0 Å². The van der Waals surface area contributed by atoms with E-state index in [1.165, 1.54) is 32.8 Å². The molecule has 0 amide bonds. The van der Waals surface area contributed by atoms with Crippen molar-refractivity contribution in [1.29, 1.82) is 0 Å². The molecule has 0 aromatic heterocycles. The van der Waals surface area contributed by atoms with Crippen LogP contribution in [-0.2, 0) is 19.0 Å². The topological polar surface area (TPSA) is 65.0 Å². The second-order valence-corrected chi connectivity index (χ2v) is 12.1. The summed E-state index contributed by atoms with van der Waals surface area (Å²) in [6.07, 6.45) is 9.11. The minimum absolute atomic E-state index is 0.0825. The van der Waals surface area contributed by atoms with Crippen LogP contribution in [-0.4, -0.2) is 43.3 Å². The molecule has 31 heavy (non-hydrogen) atoms. The van der Waals surface area contributed by atoms with Crippen LogP contribution in [0.25, 0.3) is 0 Å². The second-order valence-electron chi connectivity index (χ2n) is 12.1. The maximum atomic E-state index is 12.0. The number of hydrogen-bond acceptors (Lipinski definition) is 5. The van der Waals surface area contributed by atoms with E-state index in [9.17, 15) is 9.90 Å². The number of fused-ring (bicyclic) bond motifs is 6. The highest BCUT2D eigenvalue weighted by Crippen LogP contribution is 2.71. The van der Waals surface area contributed by atoms with Crippen LogP contribution in [0.4, 0.5) is 0 Å². The summed E-state index contributed by atoms with van der Waals surface area (Å²) in [4.78, 5) is 12.0. The van der Waals surface area contributed by atoms with Gasteiger partial charge in [-0.3, -0.25) is 4.79 Å². The average Bonchev–Trinajstić information content (AvgIpc) is 3.34. The summed E-state index contributed by atoms with van der Waals surface area (Å²) < 4.78 is 18.1. The van der Waals surface area contributed by atoms with Crippen LogP contribution in [0, 0.1) is 46.3 Å². The Labute approximate surface area is 187 Å². The molecule has 1 heterocycles. The van der Waals surface area contributed by atoms with E-state index in [0.717, 1.165) is 25.7 Å². The summed E-state index contributed by atoms with van der Waals surface area (Å²) >= 11 is 0. The van der Waals surface area contributed by atoms with Gasteiger partial charge in [-0.1, -0.05) is 20.8 Å². The van der Waals surface area contributed by atoms with Gasteiger partial charge in [-0.25, -0.2) is 0 Å². The number of esters is 1. The first-order chi connectivity index (χ1) is 14.7. The third kappa shape index (κ3) is 3.24. The molecule has 5 fully saturated rings. The first kappa shape index (κ1) is 22.2. The molecule has 176 valence electrons. The first-order valence-electron chi connectivity index (χ1n) is 12.8. The van der Waals surface area contributed by atoms with Crippen molar-refractivity contribution in [2.45, 2.75) is 90.4 Å². The number of carbonyl (C=O) groups is 1. The molecule has 4 saturated carbocycles. The minimum atomic E-state index is -0.460. The molecule has 5 rings (SSSR count). The van der Waals surface area contributed by atoms with Gasteiger partial charge in [0, 0.05) is 18.8 Å². The summed E-state index contributed by atoms with van der Waals surface area (Å²) in [5, 5.41) is 10.4. The van der Waals surface area contributed by atoms with Crippen molar-refractivity contribution in [3.63, 3.8) is 0 Å². The van der Waals surface area contributed by atoms with Gasteiger partial charge >= 0.3 is 5.97 Å². The minimum Gasteiger partial charge on any atom is -0.469 e. The van der Waals surface area contributed by atoms with E-state index in [4.69, 9.17) is 14.2 Å². The van der Waals surface area contributed by atoms with Gasteiger partial charge in [0.1, 0.15) is 0 Å². The third-order valence-electron chi connectivity index (χ3n) is 10.9. The van der Waals surface area contributed by atoms with Crippen LogP contribution in [0.15, 0.2) is 0 Å². The van der Waals surface area contributed by atoms with Crippen molar-refractivity contribution in [2.75, 3.05) is 20.3 Å². The lowest BCUT2D eigenvalue weighted by Gasteiger charge is -2.65. The summed E-state index contributed by atoms with van der Waals surface area (Å²) in [7, 11) is 1.50. The Kier molecular flexibility index (Phi) is 5.50. The van der Waals surface area contributed by atoms with Crippen LogP contribution in [0.2, 0.25) is 0 Å². The predicted octanol–water partition coefficient (Wildman–Crippen LogP) is 4.56. The maximum absolute atomic E-state index is 12.0. The summed E-state index contributed by atoms with van der Waals surface area (Å²) in [6.45, 7) is 8.65. The second kappa shape index (κ2) is 7.70. The Hall–Kier alpha value is -0.650. The van der Waals surface area contributed by atoms with Gasteiger partial charge in [-0.05, 0) is 85.4 Å². The molecule has 4 aliphatic carbocycles. The fourth-order valence-electron chi connectivity index (χ4n) is 9.42. The highest BCUT2D eigenvalue weighted by atomic mass is 16.7. The van der Waals surface area contributed by atoms with E-state index in [1.807, 2.05) is 0 Å². The SMILES string of the molecule is COC(=O)C[C@@H](C)[C@H]1CC[C@H]2[C@H]3[C@H](CC[C@]12C)[C@@]1(C)CC[C@@H](O)C[C@H]1CC31OCCO1. The fraction of sp³-hybridized carbons (Fsp3) is 0.962. The van der Waals surface area contributed by atoms with Gasteiger partial charge in [-0.15, -0.1) is 0 Å². The van der Waals surface area contributed by atoms with E-state index in [2.05, 4.69) is 20.8 Å². The number of hydrogen-bond donors (Lipinski definition) is 1. The Balaban J connectivity index is 1.48. The Morgan fingerprint density at radius 1 is 1.06 bits per heavy atom. The molecule has 0 unspecified atom stereocenters. The maximum Gasteiger partial charge on any atom is 0.305 e. The van der Waals surface area contributed by atoms with Crippen molar-refractivity contribution in [3.8, 4) is 0 Å². The summed E-state index contributed by atoms with van der Waals surface area (Å²) in [5.74, 6) is 2.45. The molecule has 5 aliphatic rings. The van der Waals surface area contributed by atoms with E-state index in [-0.39, 0.29) is 22.9 Å². The molecule has 1 N–H and O–H groups in total. The number of aliphatic hydroxyl groups is 1.